The first-order valence-electron chi connectivity index (χ1n) is 5.81. The molecule has 0 aromatic heterocycles. The number of halogens is 1. The van der Waals surface area contributed by atoms with Crippen LogP contribution in [-0.2, 0) is 10.0 Å². The Bertz CT molecular complexity index is 572. The maximum atomic E-state index is 12.1. The molecule has 0 saturated carbocycles. The molecule has 19 heavy (non-hydrogen) atoms. The van der Waals surface area contributed by atoms with Gasteiger partial charge in [-0.3, -0.25) is 9.52 Å². The normalized spacial score (nSPS) is 12.8. The second-order valence-corrected chi connectivity index (χ2v) is 6.53. The first-order chi connectivity index (χ1) is 8.73. The van der Waals surface area contributed by atoms with Crippen LogP contribution in [0.5, 0.6) is 0 Å². The molecular weight excluding hydrogens is 288 g/mol. The molecule has 1 rings (SSSR count). The maximum absolute atomic E-state index is 12.1. The molecule has 1 aromatic rings. The Morgan fingerprint density at radius 2 is 2.05 bits per heavy atom. The SMILES string of the molecule is CC[C@@H](C)NC(=O)c1cc(Cl)ccc1NS(C)(=O)=O. The van der Waals surface area contributed by atoms with Crippen molar-refractivity contribution in [1.82, 2.24) is 5.32 Å². The van der Waals surface area contributed by atoms with Crippen LogP contribution in [0.1, 0.15) is 30.6 Å². The van der Waals surface area contributed by atoms with Gasteiger partial charge in [0, 0.05) is 11.1 Å². The number of sulfonamides is 1. The van der Waals surface area contributed by atoms with Crippen LogP contribution in [0.4, 0.5) is 5.69 Å². The molecule has 1 amide bonds. The van der Waals surface area contributed by atoms with E-state index in [-0.39, 0.29) is 23.2 Å². The highest BCUT2D eigenvalue weighted by Gasteiger charge is 2.16. The minimum absolute atomic E-state index is 0.00225. The van der Waals surface area contributed by atoms with Crippen LogP contribution in [0.2, 0.25) is 5.02 Å². The molecule has 7 heteroatoms. The van der Waals surface area contributed by atoms with Gasteiger partial charge in [0.25, 0.3) is 5.91 Å². The van der Waals surface area contributed by atoms with Gasteiger partial charge in [-0.15, -0.1) is 0 Å². The fourth-order valence-corrected chi connectivity index (χ4v) is 2.15. The number of rotatable bonds is 5. The summed E-state index contributed by atoms with van der Waals surface area (Å²) in [6, 6.07) is 4.43. The lowest BCUT2D eigenvalue weighted by atomic mass is 10.1. The highest BCUT2D eigenvalue weighted by Crippen LogP contribution is 2.21. The molecule has 0 aliphatic heterocycles. The van der Waals surface area contributed by atoms with Crippen LogP contribution in [0, 0.1) is 0 Å². The summed E-state index contributed by atoms with van der Waals surface area (Å²) in [6.45, 7) is 3.81. The second kappa shape index (κ2) is 6.25. The van der Waals surface area contributed by atoms with E-state index in [1.165, 1.54) is 18.2 Å². The van der Waals surface area contributed by atoms with Gasteiger partial charge in [0.15, 0.2) is 0 Å². The van der Waals surface area contributed by atoms with Gasteiger partial charge in [0.1, 0.15) is 0 Å². The Balaban J connectivity index is 3.10. The maximum Gasteiger partial charge on any atom is 0.253 e. The highest BCUT2D eigenvalue weighted by atomic mass is 35.5. The Labute approximate surface area is 118 Å². The highest BCUT2D eigenvalue weighted by molar-refractivity contribution is 7.92. The molecule has 1 aromatic carbocycles. The number of nitrogens with one attached hydrogen (secondary N) is 2. The van der Waals surface area contributed by atoms with Crippen LogP contribution in [0.3, 0.4) is 0 Å². The van der Waals surface area contributed by atoms with Crippen molar-refractivity contribution in [3.8, 4) is 0 Å². The summed E-state index contributed by atoms with van der Waals surface area (Å²) >= 11 is 5.85. The number of anilines is 1. The largest absolute Gasteiger partial charge is 0.350 e. The summed E-state index contributed by atoms with van der Waals surface area (Å²) in [6.07, 6.45) is 1.80. The van der Waals surface area contributed by atoms with Crippen LogP contribution in [-0.4, -0.2) is 26.6 Å². The summed E-state index contributed by atoms with van der Waals surface area (Å²) in [5.41, 5.74) is 0.422. The summed E-state index contributed by atoms with van der Waals surface area (Å²) in [5, 5.41) is 3.14. The van der Waals surface area contributed by atoms with E-state index in [1.54, 1.807) is 0 Å². The van der Waals surface area contributed by atoms with Gasteiger partial charge in [-0.2, -0.15) is 0 Å². The molecule has 2 N–H and O–H groups in total. The average Bonchev–Trinajstić information content (AvgIpc) is 2.29. The zero-order valence-electron chi connectivity index (χ0n) is 11.0. The molecule has 0 heterocycles. The van der Waals surface area contributed by atoms with Crippen molar-refractivity contribution >= 4 is 33.2 Å². The van der Waals surface area contributed by atoms with Crippen molar-refractivity contribution in [2.75, 3.05) is 11.0 Å². The molecule has 0 aliphatic rings. The lowest BCUT2D eigenvalue weighted by Gasteiger charge is -2.14. The lowest BCUT2D eigenvalue weighted by Crippen LogP contribution is -2.32. The van der Waals surface area contributed by atoms with Crippen LogP contribution >= 0.6 is 11.6 Å². The predicted molar refractivity (Wildman–Crippen MR) is 77.1 cm³/mol. The molecule has 1 atom stereocenters. The fourth-order valence-electron chi connectivity index (χ4n) is 1.40. The molecule has 106 valence electrons. The Morgan fingerprint density at radius 1 is 1.42 bits per heavy atom. The van der Waals surface area contributed by atoms with Gasteiger partial charge in [-0.1, -0.05) is 18.5 Å². The minimum Gasteiger partial charge on any atom is -0.350 e. The minimum atomic E-state index is -3.45. The number of amides is 1. The first kappa shape index (κ1) is 15.8. The van der Waals surface area contributed by atoms with E-state index in [1.807, 2.05) is 13.8 Å². The zero-order valence-corrected chi connectivity index (χ0v) is 12.6. The van der Waals surface area contributed by atoms with E-state index in [4.69, 9.17) is 11.6 Å². The van der Waals surface area contributed by atoms with Crippen molar-refractivity contribution in [3.05, 3.63) is 28.8 Å². The topological polar surface area (TPSA) is 75.3 Å². The molecule has 0 spiro atoms. The molecule has 0 radical (unpaired) electrons. The smallest absolute Gasteiger partial charge is 0.253 e. The monoisotopic (exact) mass is 304 g/mol. The summed E-state index contributed by atoms with van der Waals surface area (Å²) in [5.74, 6) is -0.358. The predicted octanol–water partition coefficient (Wildman–Crippen LogP) is 2.24. The van der Waals surface area contributed by atoms with E-state index in [9.17, 15) is 13.2 Å². The molecule has 5 nitrogen and oxygen atoms in total. The molecule has 0 saturated heterocycles. The van der Waals surface area contributed by atoms with Gasteiger partial charge in [0.2, 0.25) is 10.0 Å². The number of carbonyl (C=O) groups is 1. The lowest BCUT2D eigenvalue weighted by molar-refractivity contribution is 0.0940. The van der Waals surface area contributed by atoms with E-state index in [0.29, 0.717) is 5.02 Å². The van der Waals surface area contributed by atoms with Gasteiger partial charge < -0.3 is 5.32 Å². The molecule has 0 fully saturated rings. The molecular formula is C12H17ClN2O3S. The third-order valence-electron chi connectivity index (χ3n) is 2.51. The first-order valence-corrected chi connectivity index (χ1v) is 8.08. The quantitative estimate of drug-likeness (QED) is 0.876. The standard InChI is InChI=1S/C12H17ClN2O3S/c1-4-8(2)14-12(16)10-7-9(13)5-6-11(10)15-19(3,17)18/h5-8,15H,4H2,1-3H3,(H,14,16)/t8-/m1/s1. The summed E-state index contributed by atoms with van der Waals surface area (Å²) < 4.78 is 24.8. The molecule has 0 bridgehead atoms. The zero-order chi connectivity index (χ0) is 14.6. The summed E-state index contributed by atoms with van der Waals surface area (Å²) in [7, 11) is -3.45. The van der Waals surface area contributed by atoms with Crippen LogP contribution in [0.15, 0.2) is 18.2 Å². The number of carbonyl (C=O) groups excluding carboxylic acids is 1. The number of hydrogen-bond donors (Lipinski definition) is 2. The van der Waals surface area contributed by atoms with E-state index in [2.05, 4.69) is 10.0 Å². The fraction of sp³-hybridized carbons (Fsp3) is 0.417. The van der Waals surface area contributed by atoms with Crippen LogP contribution in [0.25, 0.3) is 0 Å². The Morgan fingerprint density at radius 3 is 2.58 bits per heavy atom. The van der Waals surface area contributed by atoms with Gasteiger partial charge in [-0.05, 0) is 31.5 Å². The average molecular weight is 305 g/mol. The Kier molecular flexibility index (Phi) is 5.20. The van der Waals surface area contributed by atoms with Gasteiger partial charge in [-0.25, -0.2) is 8.42 Å². The van der Waals surface area contributed by atoms with Crippen molar-refractivity contribution in [3.63, 3.8) is 0 Å². The molecule has 0 unspecified atom stereocenters. The van der Waals surface area contributed by atoms with Crippen molar-refractivity contribution in [2.24, 2.45) is 0 Å². The number of benzene rings is 1. The third kappa shape index (κ3) is 5.08. The number of hydrogen-bond acceptors (Lipinski definition) is 3. The van der Waals surface area contributed by atoms with Gasteiger partial charge in [0.05, 0.1) is 17.5 Å². The van der Waals surface area contributed by atoms with Crippen molar-refractivity contribution in [1.29, 1.82) is 0 Å². The second-order valence-electron chi connectivity index (χ2n) is 4.35. The Hall–Kier alpha value is -1.27. The van der Waals surface area contributed by atoms with Crippen molar-refractivity contribution < 1.29 is 13.2 Å². The molecule has 0 aliphatic carbocycles. The van der Waals surface area contributed by atoms with Gasteiger partial charge >= 0.3 is 0 Å². The van der Waals surface area contributed by atoms with Crippen LogP contribution < -0.4 is 10.0 Å². The van der Waals surface area contributed by atoms with Crippen molar-refractivity contribution in [2.45, 2.75) is 26.3 Å². The van der Waals surface area contributed by atoms with E-state index >= 15 is 0 Å². The van der Waals surface area contributed by atoms with E-state index in [0.717, 1.165) is 12.7 Å². The van der Waals surface area contributed by atoms with E-state index < -0.39 is 10.0 Å². The summed E-state index contributed by atoms with van der Waals surface area (Å²) in [4.78, 5) is 12.1. The third-order valence-corrected chi connectivity index (χ3v) is 3.34.